The number of rotatable bonds is 2. The predicted octanol–water partition coefficient (Wildman–Crippen LogP) is -0.106. The average Bonchev–Trinajstić information content (AvgIpc) is 1.63. The molecular formula is C5H8O4. The van der Waals surface area contributed by atoms with Gasteiger partial charge in [0.2, 0.25) is 0 Å². The first kappa shape index (κ1) is 7.97. The number of carboxylic acid groups (broad SMARTS) is 1. The van der Waals surface area contributed by atoms with Gasteiger partial charge in [-0.15, -0.1) is 0 Å². The molecule has 9 heavy (non-hydrogen) atoms. The van der Waals surface area contributed by atoms with Crippen molar-refractivity contribution in [3.63, 3.8) is 0 Å². The molecule has 0 aliphatic carbocycles. The molecule has 1 unspecified atom stereocenters. The molecule has 0 aromatic carbocycles. The molecule has 0 heterocycles. The third-order valence-corrected chi connectivity index (χ3v) is 0.618. The van der Waals surface area contributed by atoms with Crippen molar-refractivity contribution in [3.05, 3.63) is 11.8 Å². The molecule has 0 bridgehead atoms. The molecule has 0 radical (unpaired) electrons. The van der Waals surface area contributed by atoms with E-state index in [1.54, 1.807) is 0 Å². The molecule has 1 atom stereocenters. The van der Waals surface area contributed by atoms with E-state index in [4.69, 9.17) is 15.3 Å². The number of aliphatic hydroxyl groups is 2. The first-order valence-corrected chi connectivity index (χ1v) is 2.36. The normalized spacial score (nSPS) is 15.1. The molecule has 0 saturated carbocycles. The van der Waals surface area contributed by atoms with Crippen LogP contribution in [0.5, 0.6) is 0 Å². The zero-order valence-electron chi connectivity index (χ0n) is 4.90. The number of carboxylic acids is 1. The van der Waals surface area contributed by atoms with Crippen molar-refractivity contribution >= 4 is 5.97 Å². The molecular weight excluding hydrogens is 124 g/mol. The van der Waals surface area contributed by atoms with Crippen molar-refractivity contribution in [2.45, 2.75) is 13.0 Å². The monoisotopic (exact) mass is 132 g/mol. The fourth-order valence-corrected chi connectivity index (χ4v) is 0.300. The maximum Gasteiger partial charge on any atom is 0.370 e. The Morgan fingerprint density at radius 2 is 2.00 bits per heavy atom. The molecule has 52 valence electrons. The largest absolute Gasteiger partial charge is 0.502 e. The van der Waals surface area contributed by atoms with E-state index < -0.39 is 17.8 Å². The summed E-state index contributed by atoms with van der Waals surface area (Å²) in [6, 6.07) is 0. The second-order valence-electron chi connectivity index (χ2n) is 1.60. The summed E-state index contributed by atoms with van der Waals surface area (Å²) >= 11 is 0. The van der Waals surface area contributed by atoms with Crippen LogP contribution in [0.15, 0.2) is 11.8 Å². The number of carbonyl (C=O) groups is 1. The lowest BCUT2D eigenvalue weighted by Crippen LogP contribution is -2.03. The Morgan fingerprint density at radius 3 is 2.11 bits per heavy atom. The summed E-state index contributed by atoms with van der Waals surface area (Å²) < 4.78 is 0. The van der Waals surface area contributed by atoms with Gasteiger partial charge in [-0.3, -0.25) is 0 Å². The fourth-order valence-electron chi connectivity index (χ4n) is 0.300. The van der Waals surface area contributed by atoms with E-state index in [0.717, 1.165) is 6.08 Å². The van der Waals surface area contributed by atoms with Gasteiger partial charge in [0.1, 0.15) is 0 Å². The molecule has 0 fully saturated rings. The molecule has 0 aliphatic heterocycles. The molecule has 3 N–H and O–H groups in total. The third kappa shape index (κ3) is 3.54. The minimum Gasteiger partial charge on any atom is -0.502 e. The van der Waals surface area contributed by atoms with Gasteiger partial charge >= 0.3 is 5.97 Å². The van der Waals surface area contributed by atoms with Crippen molar-refractivity contribution in [2.24, 2.45) is 0 Å². The number of hydrogen-bond donors (Lipinski definition) is 3. The molecule has 0 rings (SSSR count). The van der Waals surface area contributed by atoms with E-state index >= 15 is 0 Å². The van der Waals surface area contributed by atoms with Crippen molar-refractivity contribution < 1.29 is 20.1 Å². The van der Waals surface area contributed by atoms with E-state index in [0.29, 0.717) is 0 Å². The van der Waals surface area contributed by atoms with Crippen molar-refractivity contribution in [2.75, 3.05) is 0 Å². The van der Waals surface area contributed by atoms with Crippen LogP contribution in [0.1, 0.15) is 6.92 Å². The van der Waals surface area contributed by atoms with Gasteiger partial charge < -0.3 is 15.3 Å². The predicted molar refractivity (Wildman–Crippen MR) is 30.0 cm³/mol. The van der Waals surface area contributed by atoms with E-state index in [9.17, 15) is 4.79 Å². The Morgan fingerprint density at radius 1 is 1.56 bits per heavy atom. The van der Waals surface area contributed by atoms with Gasteiger partial charge in [-0.05, 0) is 13.0 Å². The van der Waals surface area contributed by atoms with Gasteiger partial charge in [-0.25, -0.2) is 4.79 Å². The van der Waals surface area contributed by atoms with Crippen LogP contribution in [0.4, 0.5) is 0 Å². The maximum atomic E-state index is 9.81. The van der Waals surface area contributed by atoms with E-state index in [1.807, 2.05) is 0 Å². The zero-order chi connectivity index (χ0) is 7.44. The Labute approximate surface area is 52.1 Å². The molecule has 0 spiro atoms. The highest BCUT2D eigenvalue weighted by Crippen LogP contribution is 1.90. The number of aliphatic hydroxyl groups excluding tert-OH is 2. The highest BCUT2D eigenvalue weighted by Gasteiger charge is 2.03. The SMILES string of the molecule is CC(O)/C=C(/O)C(=O)O. The molecule has 4 heteroatoms. The summed E-state index contributed by atoms with van der Waals surface area (Å²) in [6.07, 6.45) is -0.0939. The van der Waals surface area contributed by atoms with Crippen LogP contribution in [0.25, 0.3) is 0 Å². The van der Waals surface area contributed by atoms with E-state index in [2.05, 4.69) is 0 Å². The lowest BCUT2D eigenvalue weighted by molar-refractivity contribution is -0.135. The Kier molecular flexibility index (Phi) is 2.73. The lowest BCUT2D eigenvalue weighted by Gasteiger charge is -1.93. The van der Waals surface area contributed by atoms with Gasteiger partial charge in [0, 0.05) is 0 Å². The third-order valence-electron chi connectivity index (χ3n) is 0.618. The van der Waals surface area contributed by atoms with Gasteiger partial charge in [0.25, 0.3) is 0 Å². The quantitative estimate of drug-likeness (QED) is 0.362. The summed E-state index contributed by atoms with van der Waals surface area (Å²) in [5, 5.41) is 24.9. The number of aliphatic carboxylic acids is 1. The van der Waals surface area contributed by atoms with Gasteiger partial charge in [-0.2, -0.15) is 0 Å². The zero-order valence-corrected chi connectivity index (χ0v) is 4.90. The molecule has 0 aliphatic rings. The summed E-state index contributed by atoms with van der Waals surface area (Å²) in [7, 11) is 0. The van der Waals surface area contributed by atoms with Gasteiger partial charge in [-0.1, -0.05) is 0 Å². The summed E-state index contributed by atoms with van der Waals surface area (Å²) in [4.78, 5) is 9.81. The summed E-state index contributed by atoms with van der Waals surface area (Å²) in [5.41, 5.74) is 0. The molecule has 0 amide bonds. The van der Waals surface area contributed by atoms with Crippen LogP contribution in [0.2, 0.25) is 0 Å². The lowest BCUT2D eigenvalue weighted by atomic mass is 10.3. The van der Waals surface area contributed by atoms with Gasteiger partial charge in [0.05, 0.1) is 6.10 Å². The minimum atomic E-state index is -1.43. The van der Waals surface area contributed by atoms with E-state index in [-0.39, 0.29) is 0 Å². The van der Waals surface area contributed by atoms with Crippen LogP contribution in [0.3, 0.4) is 0 Å². The highest BCUT2D eigenvalue weighted by molar-refractivity contribution is 5.83. The Balaban J connectivity index is 4.00. The topological polar surface area (TPSA) is 77.8 Å². The highest BCUT2D eigenvalue weighted by atomic mass is 16.4. The van der Waals surface area contributed by atoms with Crippen molar-refractivity contribution in [3.8, 4) is 0 Å². The van der Waals surface area contributed by atoms with Crippen molar-refractivity contribution in [1.82, 2.24) is 0 Å². The second kappa shape index (κ2) is 3.09. The number of hydrogen-bond acceptors (Lipinski definition) is 3. The van der Waals surface area contributed by atoms with Gasteiger partial charge in [0.15, 0.2) is 5.76 Å². The van der Waals surface area contributed by atoms with Crippen LogP contribution in [0, 0.1) is 0 Å². The molecule has 0 aromatic heterocycles. The van der Waals surface area contributed by atoms with Crippen LogP contribution in [-0.4, -0.2) is 27.4 Å². The molecule has 0 aromatic rings. The standard InChI is InChI=1S/C5H8O4/c1-3(6)2-4(7)5(8)9/h2-3,6-7H,1H3,(H,8,9)/b4-2+. The smallest absolute Gasteiger partial charge is 0.370 e. The minimum absolute atomic E-state index is 0.829. The second-order valence-corrected chi connectivity index (χ2v) is 1.60. The van der Waals surface area contributed by atoms with Crippen LogP contribution in [-0.2, 0) is 4.79 Å². The van der Waals surface area contributed by atoms with Crippen LogP contribution < -0.4 is 0 Å². The Bertz CT molecular complexity index is 136. The summed E-state index contributed by atoms with van der Waals surface area (Å²) in [5.74, 6) is -2.26. The van der Waals surface area contributed by atoms with Crippen LogP contribution >= 0.6 is 0 Å². The summed E-state index contributed by atoms with van der Waals surface area (Å²) in [6.45, 7) is 1.35. The molecule has 0 saturated heterocycles. The first-order valence-electron chi connectivity index (χ1n) is 2.36. The maximum absolute atomic E-state index is 9.81. The van der Waals surface area contributed by atoms with Crippen molar-refractivity contribution in [1.29, 1.82) is 0 Å². The average molecular weight is 132 g/mol. The fraction of sp³-hybridized carbons (Fsp3) is 0.400. The first-order chi connectivity index (χ1) is 4.04. The Hall–Kier alpha value is -1.03. The molecule has 4 nitrogen and oxygen atoms in total. The van der Waals surface area contributed by atoms with E-state index in [1.165, 1.54) is 6.92 Å².